The molecule has 0 bridgehead atoms. The first-order valence-corrected chi connectivity index (χ1v) is 8.37. The third-order valence-electron chi connectivity index (χ3n) is 2.53. The van der Waals surface area contributed by atoms with E-state index in [-0.39, 0.29) is 22.3 Å². The van der Waals surface area contributed by atoms with Crippen molar-refractivity contribution in [2.24, 2.45) is 5.14 Å². The lowest BCUT2D eigenvalue weighted by Gasteiger charge is -2.11. The number of benzene rings is 2. The van der Waals surface area contributed by atoms with Gasteiger partial charge in [0.15, 0.2) is 0 Å². The van der Waals surface area contributed by atoms with Crippen LogP contribution in [0.5, 0.6) is 5.75 Å². The van der Waals surface area contributed by atoms with Gasteiger partial charge < -0.3 is 4.74 Å². The van der Waals surface area contributed by atoms with Gasteiger partial charge in [0.05, 0.1) is 0 Å². The summed E-state index contributed by atoms with van der Waals surface area (Å²) in [7, 11) is -3.97. The van der Waals surface area contributed by atoms with Crippen molar-refractivity contribution in [1.29, 1.82) is 0 Å². The lowest BCUT2D eigenvalue weighted by atomic mass is 10.2. The monoisotopic (exact) mass is 393 g/mol. The molecule has 2 aromatic carbocycles. The van der Waals surface area contributed by atoms with Gasteiger partial charge in [-0.3, -0.25) is 0 Å². The van der Waals surface area contributed by atoms with Crippen LogP contribution >= 0.6 is 27.5 Å². The fourth-order valence-corrected chi connectivity index (χ4v) is 3.13. The van der Waals surface area contributed by atoms with Crippen LogP contribution in [-0.4, -0.2) is 8.42 Å². The number of halogens is 3. The summed E-state index contributed by atoms with van der Waals surface area (Å²) in [5.74, 6) is -0.368. The standard InChI is InChI=1S/C13H10BrClFNO3S/c14-9-3-8(4-11(16)5-9)7-20-12-2-1-10(15)6-13(12)21(17,18)19/h1-6H,7H2,(H2,17,18,19). The molecule has 4 nitrogen and oxygen atoms in total. The predicted octanol–water partition coefficient (Wildman–Crippen LogP) is 3.47. The van der Waals surface area contributed by atoms with E-state index in [9.17, 15) is 12.8 Å². The molecule has 0 spiro atoms. The zero-order valence-corrected chi connectivity index (χ0v) is 13.7. The minimum atomic E-state index is -3.97. The number of nitrogens with two attached hydrogens (primary N) is 1. The Balaban J connectivity index is 2.28. The van der Waals surface area contributed by atoms with E-state index in [1.807, 2.05) is 0 Å². The van der Waals surface area contributed by atoms with Crippen molar-refractivity contribution in [3.05, 3.63) is 57.3 Å². The molecule has 0 heterocycles. The molecule has 0 radical (unpaired) electrons. The van der Waals surface area contributed by atoms with Crippen molar-refractivity contribution in [2.75, 3.05) is 0 Å². The van der Waals surface area contributed by atoms with Gasteiger partial charge in [-0.1, -0.05) is 27.5 Å². The summed E-state index contributed by atoms with van der Waals surface area (Å²) >= 11 is 8.92. The largest absolute Gasteiger partial charge is 0.487 e. The van der Waals surface area contributed by atoms with Gasteiger partial charge in [-0.2, -0.15) is 0 Å². The highest BCUT2D eigenvalue weighted by molar-refractivity contribution is 9.10. The van der Waals surface area contributed by atoms with Crippen molar-refractivity contribution < 1.29 is 17.5 Å². The zero-order valence-electron chi connectivity index (χ0n) is 10.5. The van der Waals surface area contributed by atoms with E-state index in [2.05, 4.69) is 15.9 Å². The predicted molar refractivity (Wildman–Crippen MR) is 81.3 cm³/mol. The summed E-state index contributed by atoms with van der Waals surface area (Å²) in [5, 5.41) is 5.33. The molecule has 0 aromatic heterocycles. The lowest BCUT2D eigenvalue weighted by Crippen LogP contribution is -2.14. The number of primary sulfonamides is 1. The maximum Gasteiger partial charge on any atom is 0.241 e. The fraction of sp³-hybridized carbons (Fsp3) is 0.0769. The van der Waals surface area contributed by atoms with Gasteiger partial charge in [-0.05, 0) is 42.0 Å². The second-order valence-corrected chi connectivity index (χ2v) is 7.08. The van der Waals surface area contributed by atoms with Crippen LogP contribution in [0, 0.1) is 5.82 Å². The van der Waals surface area contributed by atoms with Gasteiger partial charge >= 0.3 is 0 Å². The van der Waals surface area contributed by atoms with E-state index < -0.39 is 15.8 Å². The molecule has 0 aliphatic heterocycles. The Morgan fingerprint density at radius 3 is 2.57 bits per heavy atom. The van der Waals surface area contributed by atoms with Crippen molar-refractivity contribution in [2.45, 2.75) is 11.5 Å². The molecule has 0 fully saturated rings. The van der Waals surface area contributed by atoms with E-state index in [1.54, 1.807) is 6.07 Å². The summed E-state index contributed by atoms with van der Waals surface area (Å²) in [6.07, 6.45) is 0. The molecule has 112 valence electrons. The molecule has 0 saturated carbocycles. The van der Waals surface area contributed by atoms with Gasteiger partial charge in [-0.25, -0.2) is 17.9 Å². The third-order valence-corrected chi connectivity index (χ3v) is 4.15. The number of hydrogen-bond donors (Lipinski definition) is 1. The quantitative estimate of drug-likeness (QED) is 0.863. The summed E-state index contributed by atoms with van der Waals surface area (Å²) < 4.78 is 42.2. The maximum absolute atomic E-state index is 13.3. The van der Waals surface area contributed by atoms with Crippen LogP contribution in [0.4, 0.5) is 4.39 Å². The summed E-state index contributed by atoms with van der Waals surface area (Å²) in [6.45, 7) is -0.0134. The van der Waals surface area contributed by atoms with Crippen molar-refractivity contribution >= 4 is 37.6 Å². The van der Waals surface area contributed by atoms with Crippen LogP contribution in [0.1, 0.15) is 5.56 Å². The van der Waals surface area contributed by atoms with E-state index in [0.29, 0.717) is 10.0 Å². The van der Waals surface area contributed by atoms with E-state index >= 15 is 0 Å². The molecule has 0 atom stereocenters. The van der Waals surface area contributed by atoms with Crippen LogP contribution in [0.15, 0.2) is 45.8 Å². The van der Waals surface area contributed by atoms with Gasteiger partial charge in [-0.15, -0.1) is 0 Å². The van der Waals surface area contributed by atoms with Gasteiger partial charge in [0.2, 0.25) is 10.0 Å². The number of sulfonamides is 1. The van der Waals surface area contributed by atoms with E-state index in [4.69, 9.17) is 21.5 Å². The summed E-state index contributed by atoms with van der Waals surface area (Å²) in [6, 6.07) is 8.34. The molecule has 0 aliphatic carbocycles. The minimum absolute atomic E-state index is 0.0134. The Bertz CT molecular complexity index is 763. The molecule has 0 unspecified atom stereocenters. The molecule has 2 N–H and O–H groups in total. The lowest BCUT2D eigenvalue weighted by molar-refractivity contribution is 0.297. The Morgan fingerprint density at radius 2 is 1.95 bits per heavy atom. The fourth-order valence-electron chi connectivity index (χ4n) is 1.68. The Hall–Kier alpha value is -1.15. The summed E-state index contributed by atoms with van der Waals surface area (Å²) in [5.41, 5.74) is 0.539. The molecule has 0 saturated heterocycles. The van der Waals surface area contributed by atoms with Crippen molar-refractivity contribution in [3.63, 3.8) is 0 Å². The Morgan fingerprint density at radius 1 is 1.24 bits per heavy atom. The third kappa shape index (κ3) is 4.41. The van der Waals surface area contributed by atoms with Gasteiger partial charge in [0.1, 0.15) is 23.1 Å². The van der Waals surface area contributed by atoms with Crippen LogP contribution in [0.2, 0.25) is 5.02 Å². The Kier molecular flexibility index (Phi) is 4.88. The van der Waals surface area contributed by atoms with Gasteiger partial charge in [0.25, 0.3) is 0 Å². The first-order chi connectivity index (χ1) is 9.75. The number of hydrogen-bond acceptors (Lipinski definition) is 3. The van der Waals surface area contributed by atoms with Crippen LogP contribution in [0.3, 0.4) is 0 Å². The highest BCUT2D eigenvalue weighted by Gasteiger charge is 2.16. The maximum atomic E-state index is 13.3. The second kappa shape index (κ2) is 6.31. The first kappa shape index (κ1) is 16.2. The molecule has 0 aliphatic rings. The van der Waals surface area contributed by atoms with Crippen molar-refractivity contribution in [3.8, 4) is 5.75 Å². The highest BCUT2D eigenvalue weighted by Crippen LogP contribution is 2.27. The molecule has 2 rings (SSSR count). The topological polar surface area (TPSA) is 69.4 Å². The molecular formula is C13H10BrClFNO3S. The Labute approximate surface area is 134 Å². The van der Waals surface area contributed by atoms with Crippen LogP contribution in [0.25, 0.3) is 0 Å². The number of ether oxygens (including phenoxy) is 1. The average molecular weight is 395 g/mol. The minimum Gasteiger partial charge on any atom is -0.487 e. The van der Waals surface area contributed by atoms with E-state index in [1.165, 1.54) is 30.3 Å². The molecule has 0 amide bonds. The zero-order chi connectivity index (χ0) is 15.6. The average Bonchev–Trinajstić information content (AvgIpc) is 2.35. The molecule has 2 aromatic rings. The smallest absolute Gasteiger partial charge is 0.241 e. The van der Waals surface area contributed by atoms with Crippen LogP contribution < -0.4 is 9.88 Å². The van der Waals surface area contributed by atoms with Crippen LogP contribution in [-0.2, 0) is 16.6 Å². The number of rotatable bonds is 4. The molecule has 8 heteroatoms. The van der Waals surface area contributed by atoms with Crippen molar-refractivity contribution in [1.82, 2.24) is 0 Å². The second-order valence-electron chi connectivity index (χ2n) is 4.20. The van der Waals surface area contributed by atoms with E-state index in [0.717, 1.165) is 0 Å². The highest BCUT2D eigenvalue weighted by atomic mass is 79.9. The molecule has 21 heavy (non-hydrogen) atoms. The summed E-state index contributed by atoms with van der Waals surface area (Å²) in [4.78, 5) is -0.217. The molecular weight excluding hydrogens is 385 g/mol. The normalized spacial score (nSPS) is 11.4. The van der Waals surface area contributed by atoms with Gasteiger partial charge in [0, 0.05) is 9.50 Å². The SMILES string of the molecule is NS(=O)(=O)c1cc(Cl)ccc1OCc1cc(F)cc(Br)c1. The first-order valence-electron chi connectivity index (χ1n) is 5.66.